The van der Waals surface area contributed by atoms with E-state index in [2.05, 4.69) is 52.2 Å². The lowest BCUT2D eigenvalue weighted by Crippen LogP contribution is -2.48. The zero-order chi connectivity index (χ0) is 38.8. The van der Waals surface area contributed by atoms with Crippen molar-refractivity contribution in [2.75, 3.05) is 26.2 Å². The van der Waals surface area contributed by atoms with Gasteiger partial charge in [0.05, 0.1) is 5.56 Å². The molecule has 0 unspecified atom stereocenters. The van der Waals surface area contributed by atoms with Gasteiger partial charge in [-0.1, -0.05) is 97.9 Å². The van der Waals surface area contributed by atoms with E-state index in [0.29, 0.717) is 69.5 Å². The first-order valence-corrected chi connectivity index (χ1v) is 18.9. The van der Waals surface area contributed by atoms with Crippen LogP contribution in [-0.2, 0) is 39.9 Å². The second-order valence-corrected chi connectivity index (χ2v) is 14.7. The lowest BCUT2D eigenvalue weighted by Gasteiger charge is -2.34. The number of hydrogen-bond acceptors (Lipinski definition) is 9. The molecule has 2 amide bonds. The lowest BCUT2D eigenvalue weighted by molar-refractivity contribution is 0.0624. The van der Waals surface area contributed by atoms with Gasteiger partial charge in [-0.15, -0.1) is 5.10 Å². The van der Waals surface area contributed by atoms with Crippen LogP contribution in [0.25, 0.3) is 5.65 Å². The van der Waals surface area contributed by atoms with Crippen LogP contribution >= 0.6 is 0 Å². The maximum Gasteiger partial charge on any atom is 0.352 e. The van der Waals surface area contributed by atoms with Gasteiger partial charge in [0.1, 0.15) is 31.0 Å². The number of imidazole rings is 1. The van der Waals surface area contributed by atoms with Gasteiger partial charge >= 0.3 is 5.69 Å². The molecule has 2 aliphatic rings. The maximum atomic E-state index is 14.4. The summed E-state index contributed by atoms with van der Waals surface area (Å²) in [5, 5.41) is 7.84. The van der Waals surface area contributed by atoms with E-state index < -0.39 is 5.69 Å². The summed E-state index contributed by atoms with van der Waals surface area (Å²) >= 11 is 0. The zero-order valence-corrected chi connectivity index (χ0v) is 31.8. The van der Waals surface area contributed by atoms with Crippen LogP contribution in [0.15, 0.2) is 102 Å². The summed E-state index contributed by atoms with van der Waals surface area (Å²) in [5.41, 5.74) is 6.83. The Morgan fingerprint density at radius 3 is 2.07 bits per heavy atom. The normalized spacial score (nSPS) is 14.4. The fourth-order valence-electron chi connectivity index (χ4n) is 7.32. The summed E-state index contributed by atoms with van der Waals surface area (Å²) in [6.07, 6.45) is 1.32. The first-order valence-electron chi connectivity index (χ1n) is 18.9. The SMILES string of the molecule is CC(C)c1cc(C(=O)N2Cc3ccc(CN4CCN(C(=O)c5ncn6c(=O)n(C)nnc56)CC4)cc3C2)c(OCc2ccccc2)cc1OCc1ccccc1. The summed E-state index contributed by atoms with van der Waals surface area (Å²) in [6, 6.07) is 30.3. The van der Waals surface area contributed by atoms with E-state index in [1.54, 1.807) is 4.90 Å². The smallest absolute Gasteiger partial charge is 0.352 e. The number of amides is 2. The van der Waals surface area contributed by atoms with Crippen molar-refractivity contribution in [1.82, 2.24) is 39.1 Å². The Kier molecular flexibility index (Phi) is 10.3. The number of hydrogen-bond donors (Lipinski definition) is 0. The van der Waals surface area contributed by atoms with Crippen molar-refractivity contribution in [2.24, 2.45) is 7.05 Å². The summed E-state index contributed by atoms with van der Waals surface area (Å²) in [4.78, 5) is 50.3. The Balaban J connectivity index is 0.947. The average molecular weight is 753 g/mol. The largest absolute Gasteiger partial charge is 0.488 e. The quantitative estimate of drug-likeness (QED) is 0.175. The number of benzene rings is 4. The zero-order valence-electron chi connectivity index (χ0n) is 31.8. The lowest BCUT2D eigenvalue weighted by atomic mass is 9.98. The molecule has 4 heterocycles. The Labute approximate surface area is 324 Å². The van der Waals surface area contributed by atoms with E-state index in [9.17, 15) is 14.4 Å². The van der Waals surface area contributed by atoms with Crippen molar-refractivity contribution >= 4 is 17.5 Å². The van der Waals surface area contributed by atoms with E-state index in [0.717, 1.165) is 44.6 Å². The number of ether oxygens (including phenoxy) is 2. The molecule has 56 heavy (non-hydrogen) atoms. The monoisotopic (exact) mass is 752 g/mol. The van der Waals surface area contributed by atoms with Gasteiger partial charge in [0, 0.05) is 58.9 Å². The van der Waals surface area contributed by atoms with Gasteiger partial charge in [-0.05, 0) is 45.4 Å². The molecular formula is C43H44N8O5. The summed E-state index contributed by atoms with van der Waals surface area (Å²) < 4.78 is 15.1. The maximum absolute atomic E-state index is 14.4. The molecule has 13 nitrogen and oxygen atoms in total. The molecule has 8 rings (SSSR count). The molecule has 2 aliphatic heterocycles. The van der Waals surface area contributed by atoms with E-state index in [4.69, 9.17) is 9.47 Å². The Bertz CT molecular complexity index is 2440. The number of fused-ring (bicyclic) bond motifs is 2. The predicted molar refractivity (Wildman–Crippen MR) is 209 cm³/mol. The molecule has 0 bridgehead atoms. The molecule has 1 fully saturated rings. The second kappa shape index (κ2) is 15.8. The van der Waals surface area contributed by atoms with Crippen LogP contribution in [0.3, 0.4) is 0 Å². The third-order valence-electron chi connectivity index (χ3n) is 10.5. The van der Waals surface area contributed by atoms with Gasteiger partial charge in [0.2, 0.25) is 0 Å². The highest BCUT2D eigenvalue weighted by molar-refractivity contribution is 5.98. The van der Waals surface area contributed by atoms with Crippen molar-refractivity contribution in [3.63, 3.8) is 0 Å². The molecule has 0 N–H and O–H groups in total. The fourth-order valence-corrected chi connectivity index (χ4v) is 7.32. The number of piperazine rings is 1. The molecule has 0 saturated carbocycles. The minimum atomic E-state index is -0.412. The van der Waals surface area contributed by atoms with Crippen LogP contribution in [0.1, 0.15) is 74.0 Å². The minimum absolute atomic E-state index is 0.0834. The molecule has 1 saturated heterocycles. The summed E-state index contributed by atoms with van der Waals surface area (Å²) in [5.74, 6) is 0.975. The highest BCUT2D eigenvalue weighted by atomic mass is 16.5. The standard InChI is InChI=1S/C43H44N8O5/c1-29(2)35-21-36(38(56-27-31-12-8-5-9-13-31)22-37(35)55-26-30-10-6-4-7-11-30)41(52)50-24-33-15-14-32(20-34(33)25-50)23-48-16-18-49(19-17-48)42(53)39-40-45-46-47(3)43(54)51(40)28-44-39/h4-15,20-22,28-29H,16-19,23-27H2,1-3H3. The van der Waals surface area contributed by atoms with Crippen LogP contribution in [0.5, 0.6) is 11.5 Å². The predicted octanol–water partition coefficient (Wildman–Crippen LogP) is 5.22. The van der Waals surface area contributed by atoms with Crippen LogP contribution in [0, 0.1) is 0 Å². The van der Waals surface area contributed by atoms with Crippen LogP contribution in [0.4, 0.5) is 0 Å². The van der Waals surface area contributed by atoms with Crippen LogP contribution in [-0.4, -0.2) is 77.1 Å². The number of rotatable bonds is 11. The van der Waals surface area contributed by atoms with E-state index in [1.807, 2.05) is 77.7 Å². The Hall–Kier alpha value is -6.34. The molecule has 0 atom stereocenters. The molecule has 0 aliphatic carbocycles. The van der Waals surface area contributed by atoms with Crippen molar-refractivity contribution in [3.05, 3.63) is 152 Å². The van der Waals surface area contributed by atoms with E-state index in [1.165, 1.54) is 17.8 Å². The van der Waals surface area contributed by atoms with Gasteiger partial charge in [-0.3, -0.25) is 14.5 Å². The van der Waals surface area contributed by atoms with Crippen LogP contribution in [0.2, 0.25) is 0 Å². The molecule has 286 valence electrons. The number of nitrogens with zero attached hydrogens (tertiary/aromatic N) is 8. The van der Waals surface area contributed by atoms with Crippen molar-refractivity contribution in [3.8, 4) is 11.5 Å². The van der Waals surface area contributed by atoms with Crippen molar-refractivity contribution in [1.29, 1.82) is 0 Å². The molecule has 6 aromatic rings. The Morgan fingerprint density at radius 2 is 1.39 bits per heavy atom. The first kappa shape index (κ1) is 36.6. The molecule has 2 aromatic heterocycles. The molecule has 13 heteroatoms. The van der Waals surface area contributed by atoms with Gasteiger partial charge in [0.15, 0.2) is 11.3 Å². The van der Waals surface area contributed by atoms with Crippen molar-refractivity contribution in [2.45, 2.75) is 52.6 Å². The van der Waals surface area contributed by atoms with Gasteiger partial charge in [0.25, 0.3) is 11.8 Å². The number of carbonyl (C=O) groups excluding carboxylic acids is 2. The third kappa shape index (κ3) is 7.62. The van der Waals surface area contributed by atoms with Crippen LogP contribution < -0.4 is 15.2 Å². The van der Waals surface area contributed by atoms with E-state index in [-0.39, 0.29) is 29.1 Å². The first-order chi connectivity index (χ1) is 27.2. The summed E-state index contributed by atoms with van der Waals surface area (Å²) in [6.45, 7) is 9.07. The number of carbonyl (C=O) groups is 2. The third-order valence-corrected chi connectivity index (χ3v) is 10.5. The number of aryl methyl sites for hydroxylation is 1. The number of aromatic nitrogens is 5. The fraction of sp³-hybridized carbons (Fsp3) is 0.302. The van der Waals surface area contributed by atoms with Gasteiger partial charge in [-0.2, -0.15) is 4.68 Å². The highest BCUT2D eigenvalue weighted by Gasteiger charge is 2.30. The molecular weight excluding hydrogens is 709 g/mol. The highest BCUT2D eigenvalue weighted by Crippen LogP contribution is 2.37. The van der Waals surface area contributed by atoms with Gasteiger partial charge in [-0.25, -0.2) is 14.2 Å². The van der Waals surface area contributed by atoms with Gasteiger partial charge < -0.3 is 19.3 Å². The minimum Gasteiger partial charge on any atom is -0.488 e. The molecule has 0 radical (unpaired) electrons. The topological polar surface area (TPSA) is 127 Å². The molecule has 4 aromatic carbocycles. The average Bonchev–Trinajstić information content (AvgIpc) is 3.86. The van der Waals surface area contributed by atoms with E-state index >= 15 is 0 Å². The molecule has 0 spiro atoms. The second-order valence-electron chi connectivity index (χ2n) is 14.7. The Morgan fingerprint density at radius 1 is 0.732 bits per heavy atom. The van der Waals surface area contributed by atoms with Crippen molar-refractivity contribution < 1.29 is 19.1 Å². The summed E-state index contributed by atoms with van der Waals surface area (Å²) in [7, 11) is 1.50.